The van der Waals surface area contributed by atoms with Crippen LogP contribution in [0, 0.1) is 11.8 Å². The van der Waals surface area contributed by atoms with Crippen LogP contribution in [-0.2, 0) is 0 Å². The number of nitrogens with one attached hydrogen (secondary N) is 1. The fourth-order valence-corrected chi connectivity index (χ4v) is 4.10. The molecular formula is C19H28ClN3O. The molecule has 3 rings (SSSR count). The van der Waals surface area contributed by atoms with Crippen LogP contribution in [0.2, 0.25) is 5.02 Å². The summed E-state index contributed by atoms with van der Waals surface area (Å²) in [5.41, 5.74) is 0.761. The molecule has 0 spiro atoms. The number of urea groups is 1. The monoisotopic (exact) mass is 349 g/mol. The average Bonchev–Trinajstić information content (AvgIpc) is 2.55. The molecule has 0 radical (unpaired) electrons. The second-order valence-corrected chi connectivity index (χ2v) is 7.81. The van der Waals surface area contributed by atoms with E-state index in [9.17, 15) is 4.79 Å². The molecule has 5 heteroatoms. The summed E-state index contributed by atoms with van der Waals surface area (Å²) in [6.45, 7) is 7.75. The van der Waals surface area contributed by atoms with Gasteiger partial charge in [-0.25, -0.2) is 4.79 Å². The number of likely N-dealkylation sites (tertiary alicyclic amines) is 2. The molecule has 1 N–H and O–H groups in total. The Balaban J connectivity index is 1.43. The number of piperidine rings is 2. The first kappa shape index (κ1) is 17.6. The van der Waals surface area contributed by atoms with E-state index in [4.69, 9.17) is 11.6 Å². The van der Waals surface area contributed by atoms with Crippen LogP contribution < -0.4 is 5.32 Å². The number of hydrogen-bond donors (Lipinski definition) is 1. The molecule has 0 aromatic heterocycles. The van der Waals surface area contributed by atoms with E-state index >= 15 is 0 Å². The van der Waals surface area contributed by atoms with Crippen LogP contribution in [-0.4, -0.2) is 48.6 Å². The van der Waals surface area contributed by atoms with Gasteiger partial charge in [-0.2, -0.15) is 0 Å². The first-order chi connectivity index (χ1) is 11.6. The van der Waals surface area contributed by atoms with Crippen LogP contribution in [0.5, 0.6) is 0 Å². The van der Waals surface area contributed by atoms with Crippen molar-refractivity contribution >= 4 is 23.3 Å². The summed E-state index contributed by atoms with van der Waals surface area (Å²) in [5.74, 6) is 1.56. The summed E-state index contributed by atoms with van der Waals surface area (Å²) in [6.07, 6.45) is 4.92. The van der Waals surface area contributed by atoms with Gasteiger partial charge in [0, 0.05) is 36.9 Å². The highest BCUT2D eigenvalue weighted by Gasteiger charge is 2.25. The zero-order valence-corrected chi connectivity index (χ0v) is 15.3. The van der Waals surface area contributed by atoms with E-state index in [1.54, 1.807) is 6.07 Å². The van der Waals surface area contributed by atoms with Gasteiger partial charge in [0.05, 0.1) is 0 Å². The molecule has 1 aromatic carbocycles. The maximum atomic E-state index is 12.4. The minimum Gasteiger partial charge on any atom is -0.325 e. The molecule has 132 valence electrons. The number of benzene rings is 1. The highest BCUT2D eigenvalue weighted by molar-refractivity contribution is 6.30. The van der Waals surface area contributed by atoms with Crippen molar-refractivity contribution in [2.24, 2.45) is 11.8 Å². The standard InChI is InChI=1S/C19H28ClN3O/c1-15-4-3-9-22(13-15)14-16-7-10-23(11-8-16)19(24)21-18-6-2-5-17(20)12-18/h2,5-6,12,15-16H,3-4,7-11,13-14H2,1H3,(H,21,24)/t15-/m1/s1. The van der Waals surface area contributed by atoms with Crippen LogP contribution in [0.25, 0.3) is 0 Å². The third kappa shape index (κ3) is 4.87. The van der Waals surface area contributed by atoms with Crippen LogP contribution in [0.4, 0.5) is 10.5 Å². The minimum atomic E-state index is -0.0117. The number of nitrogens with zero attached hydrogens (tertiary/aromatic N) is 2. The Morgan fingerprint density at radius 3 is 2.75 bits per heavy atom. The zero-order chi connectivity index (χ0) is 16.9. The van der Waals surface area contributed by atoms with Crippen molar-refractivity contribution in [2.45, 2.75) is 32.6 Å². The van der Waals surface area contributed by atoms with Crippen molar-refractivity contribution in [2.75, 3.05) is 38.0 Å². The van der Waals surface area contributed by atoms with Gasteiger partial charge in [-0.1, -0.05) is 24.6 Å². The number of rotatable bonds is 3. The maximum absolute atomic E-state index is 12.4. The van der Waals surface area contributed by atoms with Gasteiger partial charge in [0.25, 0.3) is 0 Å². The number of amides is 2. The summed E-state index contributed by atoms with van der Waals surface area (Å²) in [5, 5.41) is 3.59. The Kier molecular flexibility index (Phi) is 6.01. The molecule has 0 saturated carbocycles. The number of halogens is 1. The van der Waals surface area contributed by atoms with Gasteiger partial charge in [0.2, 0.25) is 0 Å². The van der Waals surface area contributed by atoms with E-state index in [1.807, 2.05) is 23.1 Å². The Labute approximate surface area is 150 Å². The van der Waals surface area contributed by atoms with Gasteiger partial charge in [-0.05, 0) is 62.3 Å². The average molecular weight is 350 g/mol. The summed E-state index contributed by atoms with van der Waals surface area (Å²) in [7, 11) is 0. The SMILES string of the molecule is C[C@@H]1CCCN(CC2CCN(C(=O)Nc3cccc(Cl)c3)CC2)C1. The lowest BCUT2D eigenvalue weighted by Gasteiger charge is -2.37. The molecule has 2 aliphatic heterocycles. The first-order valence-electron chi connectivity index (χ1n) is 9.14. The van der Waals surface area contributed by atoms with Crippen molar-refractivity contribution in [3.05, 3.63) is 29.3 Å². The molecular weight excluding hydrogens is 322 g/mol. The molecule has 2 amide bonds. The first-order valence-corrected chi connectivity index (χ1v) is 9.52. The third-order valence-electron chi connectivity index (χ3n) is 5.24. The van der Waals surface area contributed by atoms with Crippen molar-refractivity contribution in [1.82, 2.24) is 9.80 Å². The van der Waals surface area contributed by atoms with Crippen molar-refractivity contribution in [3.63, 3.8) is 0 Å². The number of carbonyl (C=O) groups is 1. The van der Waals surface area contributed by atoms with Gasteiger partial charge in [0.1, 0.15) is 0 Å². The van der Waals surface area contributed by atoms with E-state index in [-0.39, 0.29) is 6.03 Å². The summed E-state index contributed by atoms with van der Waals surface area (Å²) in [6, 6.07) is 7.30. The molecule has 4 nitrogen and oxygen atoms in total. The van der Waals surface area contributed by atoms with Gasteiger partial charge >= 0.3 is 6.03 Å². The fraction of sp³-hybridized carbons (Fsp3) is 0.632. The summed E-state index contributed by atoms with van der Waals surface area (Å²) >= 11 is 5.97. The van der Waals surface area contributed by atoms with Gasteiger partial charge in [-0.3, -0.25) is 0 Å². The molecule has 0 bridgehead atoms. The quantitative estimate of drug-likeness (QED) is 0.882. The predicted molar refractivity (Wildman–Crippen MR) is 99.6 cm³/mol. The lowest BCUT2D eigenvalue weighted by molar-refractivity contribution is 0.125. The largest absolute Gasteiger partial charge is 0.325 e. The zero-order valence-electron chi connectivity index (χ0n) is 14.5. The van der Waals surface area contributed by atoms with E-state index in [0.717, 1.165) is 43.5 Å². The van der Waals surface area contributed by atoms with Gasteiger partial charge in [0.15, 0.2) is 0 Å². The lowest BCUT2D eigenvalue weighted by atomic mass is 9.94. The molecule has 1 aromatic rings. The van der Waals surface area contributed by atoms with Crippen molar-refractivity contribution in [1.29, 1.82) is 0 Å². The Morgan fingerprint density at radius 2 is 2.04 bits per heavy atom. The predicted octanol–water partition coefficient (Wildman–Crippen LogP) is 4.32. The minimum absolute atomic E-state index is 0.0117. The van der Waals surface area contributed by atoms with E-state index in [1.165, 1.54) is 32.5 Å². The van der Waals surface area contributed by atoms with Crippen molar-refractivity contribution < 1.29 is 4.79 Å². The highest BCUT2D eigenvalue weighted by atomic mass is 35.5. The fourth-order valence-electron chi connectivity index (χ4n) is 3.91. The van der Waals surface area contributed by atoms with E-state index < -0.39 is 0 Å². The Morgan fingerprint density at radius 1 is 1.25 bits per heavy atom. The second kappa shape index (κ2) is 8.21. The maximum Gasteiger partial charge on any atom is 0.321 e. The lowest BCUT2D eigenvalue weighted by Crippen LogP contribution is -2.44. The third-order valence-corrected chi connectivity index (χ3v) is 5.47. The molecule has 2 fully saturated rings. The van der Waals surface area contributed by atoms with Crippen LogP contribution >= 0.6 is 11.6 Å². The van der Waals surface area contributed by atoms with Crippen molar-refractivity contribution in [3.8, 4) is 0 Å². The second-order valence-electron chi connectivity index (χ2n) is 7.38. The normalized spacial score (nSPS) is 23.2. The number of anilines is 1. The van der Waals surface area contributed by atoms with E-state index in [2.05, 4.69) is 17.1 Å². The molecule has 1 atom stereocenters. The van der Waals surface area contributed by atoms with Gasteiger partial charge in [-0.15, -0.1) is 0 Å². The van der Waals surface area contributed by atoms with E-state index in [0.29, 0.717) is 5.02 Å². The molecule has 24 heavy (non-hydrogen) atoms. The molecule has 0 unspecified atom stereocenters. The Hall–Kier alpha value is -1.26. The molecule has 0 aliphatic carbocycles. The van der Waals surface area contributed by atoms with Crippen LogP contribution in [0.1, 0.15) is 32.6 Å². The van der Waals surface area contributed by atoms with Gasteiger partial charge < -0.3 is 15.1 Å². The Bertz CT molecular complexity index is 557. The summed E-state index contributed by atoms with van der Waals surface area (Å²) in [4.78, 5) is 16.9. The topological polar surface area (TPSA) is 35.6 Å². The van der Waals surface area contributed by atoms with Crippen LogP contribution in [0.3, 0.4) is 0 Å². The number of hydrogen-bond acceptors (Lipinski definition) is 2. The number of carbonyl (C=O) groups excluding carboxylic acids is 1. The smallest absolute Gasteiger partial charge is 0.321 e. The molecule has 2 heterocycles. The summed E-state index contributed by atoms with van der Waals surface area (Å²) < 4.78 is 0. The molecule has 2 aliphatic rings. The molecule has 2 saturated heterocycles. The highest BCUT2D eigenvalue weighted by Crippen LogP contribution is 2.23. The van der Waals surface area contributed by atoms with Crippen LogP contribution in [0.15, 0.2) is 24.3 Å².